The third kappa shape index (κ3) is 3.52. The number of halogens is 1. The van der Waals surface area contributed by atoms with Crippen LogP contribution in [-0.4, -0.2) is 26.9 Å². The summed E-state index contributed by atoms with van der Waals surface area (Å²) in [6.45, 7) is 6.46. The van der Waals surface area contributed by atoms with Crippen molar-refractivity contribution in [1.29, 1.82) is 0 Å². The molecule has 0 unspecified atom stereocenters. The lowest BCUT2D eigenvalue weighted by Crippen LogP contribution is -2.39. The molecule has 0 aliphatic rings. The minimum Gasteiger partial charge on any atom is -0.336 e. The molecule has 1 atom stereocenters. The molecule has 0 aliphatic carbocycles. The van der Waals surface area contributed by atoms with E-state index in [0.29, 0.717) is 34.2 Å². The number of carbonyl (C=O) groups excluding carboxylic acids is 1. The Kier molecular flexibility index (Phi) is 5.44. The summed E-state index contributed by atoms with van der Waals surface area (Å²) in [5.41, 5.74) is 0.454. The van der Waals surface area contributed by atoms with Crippen molar-refractivity contribution in [2.24, 2.45) is 0 Å². The SMILES string of the molecule is CCN(Cc1ccc(Cl)s1)C(=O)[C@H](C)n1c(C)nc2ccccc2c1=O. The number of fused-ring (bicyclic) bond motifs is 1. The number of para-hydroxylation sites is 1. The Balaban J connectivity index is 1.94. The summed E-state index contributed by atoms with van der Waals surface area (Å²) in [5.74, 6) is 0.420. The molecular formula is C19H20ClN3O2S. The van der Waals surface area contributed by atoms with Crippen molar-refractivity contribution in [3.05, 3.63) is 61.8 Å². The lowest BCUT2D eigenvalue weighted by molar-refractivity contribution is -0.134. The molecule has 26 heavy (non-hydrogen) atoms. The monoisotopic (exact) mass is 389 g/mol. The number of hydrogen-bond acceptors (Lipinski definition) is 4. The summed E-state index contributed by atoms with van der Waals surface area (Å²) in [7, 11) is 0. The number of thiophene rings is 1. The van der Waals surface area contributed by atoms with Gasteiger partial charge in [-0.25, -0.2) is 4.98 Å². The van der Waals surface area contributed by atoms with Crippen molar-refractivity contribution in [2.45, 2.75) is 33.4 Å². The van der Waals surface area contributed by atoms with Gasteiger partial charge in [-0.15, -0.1) is 11.3 Å². The van der Waals surface area contributed by atoms with Crippen molar-refractivity contribution < 1.29 is 4.79 Å². The maximum absolute atomic E-state index is 13.0. The Bertz CT molecular complexity index is 1010. The van der Waals surface area contributed by atoms with E-state index < -0.39 is 6.04 Å². The fourth-order valence-electron chi connectivity index (χ4n) is 3.06. The molecule has 0 fully saturated rings. The van der Waals surface area contributed by atoms with Gasteiger partial charge in [0.1, 0.15) is 11.9 Å². The fraction of sp³-hybridized carbons (Fsp3) is 0.316. The molecule has 0 bridgehead atoms. The van der Waals surface area contributed by atoms with Crippen molar-refractivity contribution in [2.75, 3.05) is 6.54 Å². The summed E-state index contributed by atoms with van der Waals surface area (Å²) in [6, 6.07) is 10.3. The predicted molar refractivity (Wildman–Crippen MR) is 106 cm³/mol. The standard InChI is InChI=1S/C19H20ClN3O2S/c1-4-22(11-14-9-10-17(20)26-14)18(24)12(2)23-13(3)21-16-8-6-5-7-15(16)19(23)25/h5-10,12H,4,11H2,1-3H3/t12-/m0/s1. The first-order valence-electron chi connectivity index (χ1n) is 8.43. The van der Waals surface area contributed by atoms with Crippen molar-refractivity contribution >= 4 is 39.7 Å². The second-order valence-corrected chi connectivity index (χ2v) is 7.89. The second kappa shape index (κ2) is 7.60. The zero-order valence-corrected chi connectivity index (χ0v) is 16.5. The highest BCUT2D eigenvalue weighted by molar-refractivity contribution is 7.16. The average molecular weight is 390 g/mol. The van der Waals surface area contributed by atoms with Gasteiger partial charge in [0.25, 0.3) is 5.56 Å². The van der Waals surface area contributed by atoms with E-state index in [-0.39, 0.29) is 11.5 Å². The summed E-state index contributed by atoms with van der Waals surface area (Å²) >= 11 is 7.44. The number of aromatic nitrogens is 2. The van der Waals surface area contributed by atoms with Gasteiger partial charge in [0.2, 0.25) is 5.91 Å². The summed E-state index contributed by atoms with van der Waals surface area (Å²) in [6.07, 6.45) is 0. The Morgan fingerprint density at radius 3 is 2.69 bits per heavy atom. The third-order valence-corrected chi connectivity index (χ3v) is 5.61. The molecule has 1 amide bonds. The molecule has 136 valence electrons. The van der Waals surface area contributed by atoms with Crippen LogP contribution >= 0.6 is 22.9 Å². The van der Waals surface area contributed by atoms with Gasteiger partial charge in [-0.2, -0.15) is 0 Å². The van der Waals surface area contributed by atoms with Crippen LogP contribution in [0.5, 0.6) is 0 Å². The van der Waals surface area contributed by atoms with E-state index >= 15 is 0 Å². The molecule has 3 aromatic rings. The summed E-state index contributed by atoms with van der Waals surface area (Å²) < 4.78 is 2.18. The van der Waals surface area contributed by atoms with E-state index in [1.165, 1.54) is 15.9 Å². The van der Waals surface area contributed by atoms with Gasteiger partial charge in [0.05, 0.1) is 21.8 Å². The lowest BCUT2D eigenvalue weighted by Gasteiger charge is -2.26. The normalized spacial score (nSPS) is 12.3. The molecule has 7 heteroatoms. The van der Waals surface area contributed by atoms with Gasteiger partial charge in [0, 0.05) is 11.4 Å². The highest BCUT2D eigenvalue weighted by atomic mass is 35.5. The molecule has 2 heterocycles. The van der Waals surface area contributed by atoms with E-state index in [9.17, 15) is 9.59 Å². The number of aryl methyl sites for hydroxylation is 1. The molecule has 0 spiro atoms. The lowest BCUT2D eigenvalue weighted by atomic mass is 10.2. The molecule has 1 aromatic carbocycles. The van der Waals surface area contributed by atoms with Crippen LogP contribution in [0, 0.1) is 6.92 Å². The topological polar surface area (TPSA) is 55.2 Å². The van der Waals surface area contributed by atoms with Crippen LogP contribution < -0.4 is 5.56 Å². The minimum atomic E-state index is -0.630. The van der Waals surface area contributed by atoms with E-state index in [0.717, 1.165) is 4.88 Å². The van der Waals surface area contributed by atoms with Crippen LogP contribution in [0.25, 0.3) is 10.9 Å². The van der Waals surface area contributed by atoms with Crippen LogP contribution in [0.2, 0.25) is 4.34 Å². The van der Waals surface area contributed by atoms with E-state index in [2.05, 4.69) is 4.98 Å². The van der Waals surface area contributed by atoms with Gasteiger partial charge in [-0.1, -0.05) is 23.7 Å². The maximum Gasteiger partial charge on any atom is 0.262 e. The van der Waals surface area contributed by atoms with Crippen LogP contribution in [-0.2, 0) is 11.3 Å². The number of nitrogens with zero attached hydrogens (tertiary/aromatic N) is 3. The molecule has 0 aliphatic heterocycles. The minimum absolute atomic E-state index is 0.112. The largest absolute Gasteiger partial charge is 0.336 e. The fourth-order valence-corrected chi connectivity index (χ4v) is 4.16. The van der Waals surface area contributed by atoms with Gasteiger partial charge < -0.3 is 4.90 Å². The Morgan fingerprint density at radius 1 is 1.31 bits per heavy atom. The highest BCUT2D eigenvalue weighted by Gasteiger charge is 2.24. The Labute approximate surface area is 160 Å². The maximum atomic E-state index is 13.0. The first-order chi connectivity index (χ1) is 12.4. The van der Waals surface area contributed by atoms with Crippen molar-refractivity contribution in [3.8, 4) is 0 Å². The van der Waals surface area contributed by atoms with E-state index in [1.807, 2.05) is 25.1 Å². The Morgan fingerprint density at radius 2 is 2.04 bits per heavy atom. The van der Waals surface area contributed by atoms with Gasteiger partial charge in [-0.05, 0) is 45.0 Å². The number of rotatable bonds is 5. The first-order valence-corrected chi connectivity index (χ1v) is 9.62. The van der Waals surface area contributed by atoms with E-state index in [4.69, 9.17) is 11.6 Å². The van der Waals surface area contributed by atoms with Gasteiger partial charge in [0.15, 0.2) is 0 Å². The smallest absolute Gasteiger partial charge is 0.262 e. The second-order valence-electron chi connectivity index (χ2n) is 6.09. The van der Waals surface area contributed by atoms with Gasteiger partial charge in [-0.3, -0.25) is 14.2 Å². The zero-order chi connectivity index (χ0) is 18.8. The third-order valence-electron chi connectivity index (χ3n) is 4.40. The number of hydrogen-bond donors (Lipinski definition) is 0. The molecule has 5 nitrogen and oxygen atoms in total. The quantitative estimate of drug-likeness (QED) is 0.662. The number of benzene rings is 1. The molecular weight excluding hydrogens is 370 g/mol. The van der Waals surface area contributed by atoms with Crippen molar-refractivity contribution in [1.82, 2.24) is 14.5 Å². The number of amides is 1. The van der Waals surface area contributed by atoms with E-state index in [1.54, 1.807) is 36.9 Å². The molecule has 0 N–H and O–H groups in total. The van der Waals surface area contributed by atoms with Crippen LogP contribution in [0.4, 0.5) is 0 Å². The molecule has 3 rings (SSSR count). The average Bonchev–Trinajstić information content (AvgIpc) is 3.04. The van der Waals surface area contributed by atoms with Crippen LogP contribution in [0.15, 0.2) is 41.2 Å². The summed E-state index contributed by atoms with van der Waals surface area (Å²) in [4.78, 5) is 33.2. The molecule has 0 saturated heterocycles. The van der Waals surface area contributed by atoms with Crippen molar-refractivity contribution in [3.63, 3.8) is 0 Å². The first kappa shape index (κ1) is 18.6. The van der Waals surface area contributed by atoms with Crippen LogP contribution in [0.1, 0.15) is 30.6 Å². The van der Waals surface area contributed by atoms with Gasteiger partial charge >= 0.3 is 0 Å². The Hall–Kier alpha value is -2.18. The molecule has 0 saturated carbocycles. The number of likely N-dealkylation sites (N-methyl/N-ethyl adjacent to an activating group) is 1. The summed E-state index contributed by atoms with van der Waals surface area (Å²) in [5, 5.41) is 0.519. The number of carbonyl (C=O) groups is 1. The predicted octanol–water partition coefficient (Wildman–Crippen LogP) is 4.03. The molecule has 0 radical (unpaired) electrons. The van der Waals surface area contributed by atoms with Crippen LogP contribution in [0.3, 0.4) is 0 Å². The highest BCUT2D eigenvalue weighted by Crippen LogP contribution is 2.23. The zero-order valence-electron chi connectivity index (χ0n) is 14.9. The molecule has 2 aromatic heterocycles.